The van der Waals surface area contributed by atoms with Crippen molar-refractivity contribution in [3.05, 3.63) is 89.1 Å². The standard InChI is InChI=1S/C29H25N5O7S/c1-33-25(28(36)31-23-9-8-18(17-30)14-22(23)29(37)38)16-19-4-3-7-24(26(19)33)32-27(35)20-5-2-6-21(15-20)42(39,40)34-10-12-41-13-11-34/h2-9,14-16H,10-13H2,1H3,(H,31,36)(H,32,35)(H,37,38). The molecule has 2 heterocycles. The average molecular weight is 588 g/mol. The molecule has 1 fully saturated rings. The van der Waals surface area contributed by atoms with E-state index >= 15 is 0 Å². The zero-order valence-electron chi connectivity index (χ0n) is 22.3. The molecule has 1 saturated heterocycles. The van der Waals surface area contributed by atoms with E-state index in [0.29, 0.717) is 29.8 Å². The number of aromatic nitrogens is 1. The highest BCUT2D eigenvalue weighted by atomic mass is 32.2. The number of amides is 2. The fraction of sp³-hybridized carbons (Fsp3) is 0.172. The van der Waals surface area contributed by atoms with E-state index in [2.05, 4.69) is 10.6 Å². The van der Waals surface area contributed by atoms with Crippen molar-refractivity contribution in [3.63, 3.8) is 0 Å². The second-order valence-corrected chi connectivity index (χ2v) is 11.4. The first kappa shape index (κ1) is 28.5. The van der Waals surface area contributed by atoms with Crippen LogP contribution >= 0.6 is 0 Å². The maximum atomic E-state index is 13.3. The van der Waals surface area contributed by atoms with Gasteiger partial charge in [-0.25, -0.2) is 13.2 Å². The number of rotatable bonds is 7. The van der Waals surface area contributed by atoms with E-state index < -0.39 is 27.8 Å². The summed E-state index contributed by atoms with van der Waals surface area (Å²) in [6, 6.07) is 18.3. The number of sulfonamides is 1. The molecule has 12 nitrogen and oxygen atoms in total. The van der Waals surface area contributed by atoms with Gasteiger partial charge in [0.15, 0.2) is 0 Å². The van der Waals surface area contributed by atoms with E-state index in [0.717, 1.165) is 0 Å². The summed E-state index contributed by atoms with van der Waals surface area (Å²) >= 11 is 0. The van der Waals surface area contributed by atoms with Crippen LogP contribution in [0.25, 0.3) is 10.9 Å². The quantitative estimate of drug-likeness (QED) is 0.296. The third-order valence-electron chi connectivity index (χ3n) is 6.87. The maximum absolute atomic E-state index is 13.3. The number of nitrogens with one attached hydrogen (secondary N) is 2. The van der Waals surface area contributed by atoms with Crippen molar-refractivity contribution in [2.75, 3.05) is 36.9 Å². The van der Waals surface area contributed by atoms with Gasteiger partial charge < -0.3 is 25.0 Å². The molecular formula is C29H25N5O7S. The lowest BCUT2D eigenvalue weighted by Gasteiger charge is -2.26. The molecule has 0 saturated carbocycles. The minimum absolute atomic E-state index is 0.00313. The highest BCUT2D eigenvalue weighted by Gasteiger charge is 2.27. The number of hydrogen-bond donors (Lipinski definition) is 3. The van der Waals surface area contributed by atoms with Gasteiger partial charge >= 0.3 is 5.97 Å². The van der Waals surface area contributed by atoms with Crippen LogP contribution in [0.2, 0.25) is 0 Å². The number of aromatic carboxylic acids is 1. The summed E-state index contributed by atoms with van der Waals surface area (Å²) in [5.41, 5.74) is 1.15. The number of fused-ring (bicyclic) bond motifs is 1. The average Bonchev–Trinajstić information content (AvgIpc) is 3.35. The Hall–Kier alpha value is -5.03. The minimum Gasteiger partial charge on any atom is -0.478 e. The van der Waals surface area contributed by atoms with Crippen LogP contribution in [0.3, 0.4) is 0 Å². The Bertz CT molecular complexity index is 1890. The number of morpholine rings is 1. The number of carbonyl (C=O) groups is 3. The number of benzene rings is 3. The van der Waals surface area contributed by atoms with E-state index in [4.69, 9.17) is 10.00 Å². The molecule has 0 aliphatic carbocycles. The molecular weight excluding hydrogens is 562 g/mol. The molecule has 0 unspecified atom stereocenters. The zero-order valence-corrected chi connectivity index (χ0v) is 23.1. The number of hydrogen-bond acceptors (Lipinski definition) is 7. The summed E-state index contributed by atoms with van der Waals surface area (Å²) < 4.78 is 34.3. The van der Waals surface area contributed by atoms with Gasteiger partial charge in [0, 0.05) is 31.1 Å². The van der Waals surface area contributed by atoms with E-state index in [1.807, 2.05) is 6.07 Å². The summed E-state index contributed by atoms with van der Waals surface area (Å²) in [4.78, 5) is 38.1. The molecule has 0 bridgehead atoms. The van der Waals surface area contributed by atoms with Crippen LogP contribution in [-0.2, 0) is 21.8 Å². The number of aryl methyl sites for hydroxylation is 1. The number of nitrogens with zero attached hydrogens (tertiary/aromatic N) is 3. The fourth-order valence-corrected chi connectivity index (χ4v) is 6.20. The normalized spacial score (nSPS) is 13.8. The first-order valence-corrected chi connectivity index (χ1v) is 14.2. The van der Waals surface area contributed by atoms with Crippen LogP contribution in [0.1, 0.15) is 36.8 Å². The van der Waals surface area contributed by atoms with Crippen molar-refractivity contribution in [2.45, 2.75) is 4.90 Å². The molecule has 1 aliphatic heterocycles. The summed E-state index contributed by atoms with van der Waals surface area (Å²) in [5.74, 6) is -2.44. The smallest absolute Gasteiger partial charge is 0.337 e. The van der Waals surface area contributed by atoms with Crippen LogP contribution in [0.4, 0.5) is 11.4 Å². The van der Waals surface area contributed by atoms with E-state index in [-0.39, 0.29) is 46.1 Å². The molecule has 0 spiro atoms. The van der Waals surface area contributed by atoms with Crippen molar-refractivity contribution in [1.29, 1.82) is 5.26 Å². The van der Waals surface area contributed by atoms with Gasteiger partial charge in [0.2, 0.25) is 10.0 Å². The van der Waals surface area contributed by atoms with Gasteiger partial charge in [-0.05, 0) is 48.5 Å². The number of ether oxygens (including phenoxy) is 1. The van der Waals surface area contributed by atoms with Crippen LogP contribution in [0.5, 0.6) is 0 Å². The predicted molar refractivity (Wildman–Crippen MR) is 153 cm³/mol. The summed E-state index contributed by atoms with van der Waals surface area (Å²) in [6.45, 7) is 1.06. The van der Waals surface area contributed by atoms with Crippen LogP contribution in [0.15, 0.2) is 71.6 Å². The molecule has 13 heteroatoms. The fourth-order valence-electron chi connectivity index (χ4n) is 4.75. The van der Waals surface area contributed by atoms with E-state index in [1.54, 1.807) is 35.9 Å². The molecule has 5 rings (SSSR count). The molecule has 0 radical (unpaired) electrons. The lowest BCUT2D eigenvalue weighted by atomic mass is 10.1. The van der Waals surface area contributed by atoms with Gasteiger partial charge in [0.1, 0.15) is 5.69 Å². The predicted octanol–water partition coefficient (Wildman–Crippen LogP) is 3.27. The number of carboxylic acids is 1. The van der Waals surface area contributed by atoms with Crippen molar-refractivity contribution in [1.82, 2.24) is 8.87 Å². The SMILES string of the molecule is Cn1c(C(=O)Nc2ccc(C#N)cc2C(=O)O)cc2cccc(NC(=O)c3cccc(S(=O)(=O)N4CCOCC4)c3)c21. The van der Waals surface area contributed by atoms with Gasteiger partial charge in [-0.15, -0.1) is 0 Å². The Morgan fingerprint density at radius 3 is 2.36 bits per heavy atom. The Kier molecular flexibility index (Phi) is 7.77. The number of carbonyl (C=O) groups excluding carboxylic acids is 2. The monoisotopic (exact) mass is 587 g/mol. The van der Waals surface area contributed by atoms with Gasteiger partial charge in [0.05, 0.1) is 52.2 Å². The van der Waals surface area contributed by atoms with Crippen molar-refractivity contribution in [3.8, 4) is 6.07 Å². The molecule has 3 aromatic carbocycles. The molecule has 4 aromatic rings. The van der Waals surface area contributed by atoms with Gasteiger partial charge in [0.25, 0.3) is 11.8 Å². The molecule has 1 aromatic heterocycles. The van der Waals surface area contributed by atoms with Gasteiger partial charge in [-0.3, -0.25) is 9.59 Å². The van der Waals surface area contributed by atoms with Gasteiger partial charge in [-0.1, -0.05) is 18.2 Å². The third kappa shape index (κ3) is 5.46. The molecule has 3 N–H and O–H groups in total. The van der Waals surface area contributed by atoms with Crippen LogP contribution in [0, 0.1) is 11.3 Å². The number of nitriles is 1. The zero-order chi connectivity index (χ0) is 30.0. The third-order valence-corrected chi connectivity index (χ3v) is 8.76. The topological polar surface area (TPSA) is 171 Å². The highest BCUT2D eigenvalue weighted by molar-refractivity contribution is 7.89. The second-order valence-electron chi connectivity index (χ2n) is 9.46. The highest BCUT2D eigenvalue weighted by Crippen LogP contribution is 2.28. The molecule has 214 valence electrons. The van der Waals surface area contributed by atoms with Crippen molar-refractivity contribution in [2.24, 2.45) is 7.05 Å². The first-order valence-electron chi connectivity index (χ1n) is 12.8. The molecule has 2 amide bonds. The van der Waals surface area contributed by atoms with Crippen LogP contribution < -0.4 is 10.6 Å². The lowest BCUT2D eigenvalue weighted by Crippen LogP contribution is -2.40. The summed E-state index contributed by atoms with van der Waals surface area (Å²) in [6.07, 6.45) is 0. The summed E-state index contributed by atoms with van der Waals surface area (Å²) in [7, 11) is -2.18. The number of para-hydroxylation sites is 1. The van der Waals surface area contributed by atoms with E-state index in [9.17, 15) is 27.9 Å². The molecule has 1 aliphatic rings. The maximum Gasteiger partial charge on any atom is 0.337 e. The Morgan fingerprint density at radius 2 is 1.64 bits per heavy atom. The Morgan fingerprint density at radius 1 is 0.929 bits per heavy atom. The minimum atomic E-state index is -3.80. The first-order chi connectivity index (χ1) is 20.1. The summed E-state index contributed by atoms with van der Waals surface area (Å²) in [5, 5.41) is 24.6. The molecule has 42 heavy (non-hydrogen) atoms. The second kappa shape index (κ2) is 11.5. The van der Waals surface area contributed by atoms with Gasteiger partial charge in [-0.2, -0.15) is 9.57 Å². The Balaban J connectivity index is 1.41. The lowest BCUT2D eigenvalue weighted by molar-refractivity contribution is 0.0697. The Labute approximate surface area is 240 Å². The largest absolute Gasteiger partial charge is 0.478 e. The van der Waals surface area contributed by atoms with E-state index in [1.165, 1.54) is 46.8 Å². The number of carboxylic acid groups (broad SMARTS) is 1. The van der Waals surface area contributed by atoms with Crippen molar-refractivity contribution >= 4 is 50.1 Å². The van der Waals surface area contributed by atoms with Crippen LogP contribution in [-0.4, -0.2) is 66.5 Å². The molecule has 0 atom stereocenters. The van der Waals surface area contributed by atoms with Crippen molar-refractivity contribution < 1.29 is 32.6 Å². The number of anilines is 2.